The summed E-state index contributed by atoms with van der Waals surface area (Å²) in [6.07, 6.45) is 6.16. The van der Waals surface area contributed by atoms with Gasteiger partial charge in [0, 0.05) is 82.2 Å². The number of benzene rings is 3. The fourth-order valence-electron chi connectivity index (χ4n) is 12.9. The standard InChI is InChI=1S/C79H104ClN21O14/c1-45(2)38-59(72(109)96-58(23-14-36-91-79(84)85)78(115)101-37-15-24-64(101)77(114)92-46(3)67(83)104)97-71(108)57(22-8-10-33-90-69(106)55-20-13-35-88-66(55)82)94-70(107)56(21-7-9-32-89-68(105)54-19-12-34-87-65(54)81)95-76(113)63(44-102)100-75(112)62(42-50-16-11-31-86-43-50)99-74(111)61(40-48-26-29-53(80)30-27-48)98-73(110)60(93-47(4)103)41-49-25-28-51-17-5-6-18-52(51)39-49/h5-6,11-13,16-20,25-31,34-35,39,43,45-46,56-64,102H,7-10,14-15,21-24,32-33,36-38,40-42,44H2,1-4H3,(H2,81,87)(H2,82,88)(H2,83,104)(H,89,105)(H,90,106)(H,92,114)(H,93,103)(H,94,107)(H,95,113)(H,96,109)(H,97,108)(H,98,110)(H,99,111)(H,100,112)(H4,84,85,91)/t46-,56+,57-,58+,59+,60-,61-,62-,63+,64+/m1/s1. The molecule has 36 heteroatoms. The molecular weight excluding hydrogens is 1500 g/mol. The molecule has 13 amide bonds. The maximum atomic E-state index is 15.2. The summed E-state index contributed by atoms with van der Waals surface area (Å²) >= 11 is 6.26. The lowest BCUT2D eigenvalue weighted by molar-refractivity contribution is -0.142. The summed E-state index contributed by atoms with van der Waals surface area (Å²) in [5.74, 6) is -11.0. The lowest BCUT2D eigenvalue weighted by atomic mass is 9.99. The zero-order chi connectivity index (χ0) is 83.7. The molecule has 4 heterocycles. The third kappa shape index (κ3) is 28.9. The number of aromatic nitrogens is 3. The molecular formula is C79H104ClN21O14. The Balaban J connectivity index is 1.16. The van der Waals surface area contributed by atoms with Crippen molar-refractivity contribution >= 4 is 117 Å². The Morgan fingerprint density at radius 2 is 0.983 bits per heavy atom. The van der Waals surface area contributed by atoms with Gasteiger partial charge in [0.2, 0.25) is 65.0 Å². The van der Waals surface area contributed by atoms with Crippen LogP contribution in [0.5, 0.6) is 0 Å². The van der Waals surface area contributed by atoms with Crippen molar-refractivity contribution in [2.45, 2.75) is 178 Å². The van der Waals surface area contributed by atoms with Crippen LogP contribution in [0.4, 0.5) is 11.6 Å². The van der Waals surface area contributed by atoms with E-state index in [1.807, 2.05) is 42.5 Å². The number of carbonyl (C=O) groups excluding carboxylic acids is 13. The molecule has 3 aromatic heterocycles. The van der Waals surface area contributed by atoms with E-state index in [1.165, 1.54) is 67.8 Å². The number of anilines is 2. The minimum Gasteiger partial charge on any atom is -0.394 e. The van der Waals surface area contributed by atoms with E-state index >= 15 is 9.59 Å². The summed E-state index contributed by atoms with van der Waals surface area (Å²) in [6, 6.07) is 14.7. The second-order valence-electron chi connectivity index (χ2n) is 28.5. The van der Waals surface area contributed by atoms with Crippen LogP contribution in [0.1, 0.15) is 136 Å². The number of aliphatic hydroxyl groups excluding tert-OH is 1. The van der Waals surface area contributed by atoms with Gasteiger partial charge in [-0.3, -0.25) is 72.7 Å². The Hall–Kier alpha value is -12.4. The number of nitrogens with one attached hydrogen (secondary N) is 13. The van der Waals surface area contributed by atoms with Crippen molar-refractivity contribution in [1.82, 2.24) is 83.7 Å². The first-order valence-corrected chi connectivity index (χ1v) is 38.4. The van der Waals surface area contributed by atoms with Crippen molar-refractivity contribution in [1.29, 1.82) is 5.41 Å². The maximum Gasteiger partial charge on any atom is 0.255 e. The molecule has 35 nitrogen and oxygen atoms in total. The van der Waals surface area contributed by atoms with E-state index in [9.17, 15) is 57.8 Å². The number of nitrogens with zero attached hydrogens (tertiary/aromatic N) is 4. The molecule has 1 aliphatic rings. The number of nitrogen functional groups attached to an aromatic ring is 2. The van der Waals surface area contributed by atoms with Crippen LogP contribution in [-0.4, -0.2) is 201 Å². The third-order valence-corrected chi connectivity index (χ3v) is 19.2. The van der Waals surface area contributed by atoms with Crippen LogP contribution in [0.15, 0.2) is 128 Å². The molecule has 22 N–H and O–H groups in total. The third-order valence-electron chi connectivity index (χ3n) is 19.0. The zero-order valence-electron chi connectivity index (χ0n) is 64.6. The quantitative estimate of drug-likeness (QED) is 0.0138. The van der Waals surface area contributed by atoms with Crippen molar-refractivity contribution in [2.24, 2.45) is 17.4 Å². The number of likely N-dealkylation sites (tertiary alicyclic amines) is 1. The first kappa shape index (κ1) is 89.8. The van der Waals surface area contributed by atoms with Crippen LogP contribution in [0.25, 0.3) is 10.8 Å². The van der Waals surface area contributed by atoms with Crippen molar-refractivity contribution in [3.05, 3.63) is 161 Å². The second kappa shape index (κ2) is 45.3. The van der Waals surface area contributed by atoms with Gasteiger partial charge in [0.25, 0.3) is 11.8 Å². The highest BCUT2D eigenvalue weighted by Gasteiger charge is 2.40. The van der Waals surface area contributed by atoms with Crippen LogP contribution >= 0.6 is 11.6 Å². The van der Waals surface area contributed by atoms with Crippen molar-refractivity contribution < 1.29 is 67.4 Å². The van der Waals surface area contributed by atoms with Crippen LogP contribution < -0.4 is 86.7 Å². The molecule has 0 bridgehead atoms. The smallest absolute Gasteiger partial charge is 0.255 e. The fraction of sp³-hybridized carbons (Fsp3) is 0.430. The van der Waals surface area contributed by atoms with E-state index in [0.29, 0.717) is 28.1 Å². The minimum atomic E-state index is -1.87. The number of hydrogen-bond donors (Lipinski definition) is 18. The number of guanidine groups is 1. The largest absolute Gasteiger partial charge is 0.394 e. The van der Waals surface area contributed by atoms with Gasteiger partial charge in [-0.25, -0.2) is 9.97 Å². The average Bonchev–Trinajstić information content (AvgIpc) is 1.77. The molecule has 1 fully saturated rings. The number of nitrogens with two attached hydrogens (primary N) is 4. The topological polar surface area (TPSA) is 556 Å². The summed E-state index contributed by atoms with van der Waals surface area (Å²) in [6.45, 7) is 5.33. The number of primary amides is 1. The molecule has 115 heavy (non-hydrogen) atoms. The van der Waals surface area contributed by atoms with Gasteiger partial charge in [-0.2, -0.15) is 0 Å². The van der Waals surface area contributed by atoms with Crippen LogP contribution in [0, 0.1) is 11.3 Å². The summed E-state index contributed by atoms with van der Waals surface area (Å²) in [5, 5.41) is 53.2. The Bertz CT molecular complexity index is 4390. The van der Waals surface area contributed by atoms with E-state index in [4.69, 9.17) is 39.9 Å². The predicted molar refractivity (Wildman–Crippen MR) is 429 cm³/mol. The maximum absolute atomic E-state index is 15.2. The summed E-state index contributed by atoms with van der Waals surface area (Å²) in [5.41, 5.74) is 24.8. The van der Waals surface area contributed by atoms with Crippen LogP contribution in [0.2, 0.25) is 5.02 Å². The summed E-state index contributed by atoms with van der Waals surface area (Å²) in [7, 11) is 0. The fourth-order valence-corrected chi connectivity index (χ4v) is 13.0. The van der Waals surface area contributed by atoms with Crippen LogP contribution in [0.3, 0.4) is 0 Å². The van der Waals surface area contributed by atoms with Gasteiger partial charge in [-0.15, -0.1) is 0 Å². The minimum absolute atomic E-state index is 0.0139. The van der Waals surface area contributed by atoms with E-state index in [1.54, 1.807) is 50.2 Å². The van der Waals surface area contributed by atoms with E-state index in [0.717, 1.165) is 10.8 Å². The number of unbranched alkanes of at least 4 members (excludes halogenated alkanes) is 2. The van der Waals surface area contributed by atoms with Gasteiger partial charge in [0.1, 0.15) is 72.1 Å². The van der Waals surface area contributed by atoms with Gasteiger partial charge in [-0.1, -0.05) is 86.1 Å². The highest BCUT2D eigenvalue weighted by molar-refractivity contribution is 6.30. The average molecular weight is 1610 g/mol. The van der Waals surface area contributed by atoms with E-state index in [2.05, 4.69) is 78.8 Å². The second-order valence-corrected chi connectivity index (χ2v) is 28.9. The number of fused-ring (bicyclic) bond motifs is 1. The lowest BCUT2D eigenvalue weighted by Crippen LogP contribution is -2.61. The molecule has 1 saturated heterocycles. The van der Waals surface area contributed by atoms with Crippen molar-refractivity contribution in [3.8, 4) is 0 Å². The first-order valence-electron chi connectivity index (χ1n) is 38.1. The molecule has 0 spiro atoms. The number of pyridine rings is 3. The normalized spacial score (nSPS) is 14.7. The lowest BCUT2D eigenvalue weighted by Gasteiger charge is -2.31. The number of aliphatic hydroxyl groups is 1. The van der Waals surface area contributed by atoms with Gasteiger partial charge in [0.15, 0.2) is 5.96 Å². The number of amides is 13. The molecule has 1 aliphatic heterocycles. The zero-order valence-corrected chi connectivity index (χ0v) is 65.4. The molecule has 0 radical (unpaired) electrons. The van der Waals surface area contributed by atoms with Crippen LogP contribution in [-0.2, 0) is 72.0 Å². The molecule has 10 atom stereocenters. The molecule has 7 rings (SSSR count). The predicted octanol–water partition coefficient (Wildman–Crippen LogP) is 0.252. The Labute approximate surface area is 670 Å². The highest BCUT2D eigenvalue weighted by Crippen LogP contribution is 2.23. The van der Waals surface area contributed by atoms with Crippen molar-refractivity contribution in [2.75, 3.05) is 44.3 Å². The Morgan fingerprint density at radius 3 is 1.51 bits per heavy atom. The van der Waals surface area contributed by atoms with Gasteiger partial charge < -0.3 is 96.7 Å². The van der Waals surface area contributed by atoms with Gasteiger partial charge in [0.05, 0.1) is 17.7 Å². The summed E-state index contributed by atoms with van der Waals surface area (Å²) in [4.78, 5) is 197. The van der Waals surface area contributed by atoms with E-state index < -0.39 is 144 Å². The number of carbonyl (C=O) groups is 13. The first-order chi connectivity index (χ1) is 55.0. The number of rotatable bonds is 44. The Kier molecular flexibility index (Phi) is 35.4. The van der Waals surface area contributed by atoms with Gasteiger partial charge in [-0.05, 0) is 153 Å². The molecule has 616 valence electrons. The molecule has 3 aromatic carbocycles. The summed E-state index contributed by atoms with van der Waals surface area (Å²) < 4.78 is 0. The molecule has 0 saturated carbocycles. The molecule has 0 unspecified atom stereocenters. The number of halogens is 1. The monoisotopic (exact) mass is 1610 g/mol. The van der Waals surface area contributed by atoms with Gasteiger partial charge >= 0.3 is 0 Å². The molecule has 6 aromatic rings. The van der Waals surface area contributed by atoms with Crippen molar-refractivity contribution in [3.63, 3.8) is 0 Å². The van der Waals surface area contributed by atoms with E-state index in [-0.39, 0.29) is 144 Å². The number of hydrogen-bond acceptors (Lipinski definition) is 20. The SMILES string of the molecule is CC(=O)N[C@H](Cc1ccc2ccccc2c1)C(=O)N[C@H](Cc1ccc(Cl)cc1)C(=O)N[C@H](Cc1cccnc1)C(=O)N[C@@H](CO)C(=O)N[C@@H](CCCCNC(=O)c1cccnc1N)C(=O)N[C@H](CCCCNC(=O)c1cccnc1N)C(=O)N[C@@H](CC(C)C)C(=O)N[C@@H](CCCNC(=N)N)C(=O)N1CCC[C@H]1C(=O)N[C@H](C)C(N)=O. The Morgan fingerprint density at radius 1 is 0.513 bits per heavy atom. The highest BCUT2D eigenvalue weighted by atomic mass is 35.5. The molecule has 0 aliphatic carbocycles.